The highest BCUT2D eigenvalue weighted by atomic mass is 16.3. The predicted octanol–water partition coefficient (Wildman–Crippen LogP) is 2.67. The van der Waals surface area contributed by atoms with Crippen LogP contribution in [0.1, 0.15) is 33.6 Å². The Bertz CT molecular complexity index is 223. The van der Waals surface area contributed by atoms with Crippen LogP contribution in [0.3, 0.4) is 0 Å². The van der Waals surface area contributed by atoms with Crippen molar-refractivity contribution < 1.29 is 5.11 Å². The van der Waals surface area contributed by atoms with E-state index in [2.05, 4.69) is 20.4 Å². The molecule has 1 nitrogen and oxygen atoms in total. The second-order valence-corrected chi connectivity index (χ2v) is 4.26. The van der Waals surface area contributed by atoms with Gasteiger partial charge in [-0.25, -0.2) is 0 Å². The molecular formula is C11H18O. The Kier molecular flexibility index (Phi) is 2.43. The Morgan fingerprint density at radius 3 is 2.58 bits per heavy atom. The molecule has 0 aromatic heterocycles. The zero-order chi connectivity index (χ0) is 9.35. The summed E-state index contributed by atoms with van der Waals surface area (Å²) in [5.74, 6) is 0. The second-order valence-electron chi connectivity index (χ2n) is 4.26. The predicted molar refractivity (Wildman–Crippen MR) is 51.9 cm³/mol. The smallest absolute Gasteiger partial charge is 0.0758 e. The van der Waals surface area contributed by atoms with E-state index in [-0.39, 0.29) is 11.5 Å². The zero-order valence-electron chi connectivity index (χ0n) is 8.22. The van der Waals surface area contributed by atoms with Crippen LogP contribution in [0.4, 0.5) is 0 Å². The maximum atomic E-state index is 9.64. The molecule has 1 heteroatoms. The molecule has 0 saturated carbocycles. The summed E-state index contributed by atoms with van der Waals surface area (Å²) in [5.41, 5.74) is 2.68. The minimum atomic E-state index is -0.227. The van der Waals surface area contributed by atoms with E-state index in [4.69, 9.17) is 0 Å². The number of rotatable bonds is 2. The van der Waals surface area contributed by atoms with Gasteiger partial charge in [0.25, 0.3) is 0 Å². The Hall–Kier alpha value is -0.560. The van der Waals surface area contributed by atoms with E-state index in [1.807, 2.05) is 13.0 Å². The van der Waals surface area contributed by atoms with Crippen LogP contribution in [0.25, 0.3) is 0 Å². The molecule has 0 saturated heterocycles. The first-order valence-electron chi connectivity index (χ1n) is 4.48. The molecule has 0 aromatic carbocycles. The lowest BCUT2D eigenvalue weighted by Crippen LogP contribution is -2.12. The van der Waals surface area contributed by atoms with E-state index in [1.165, 1.54) is 5.57 Å². The third-order valence-electron chi connectivity index (χ3n) is 2.84. The van der Waals surface area contributed by atoms with Crippen molar-refractivity contribution in [2.45, 2.75) is 39.7 Å². The Morgan fingerprint density at radius 1 is 1.67 bits per heavy atom. The van der Waals surface area contributed by atoms with Crippen molar-refractivity contribution in [3.63, 3.8) is 0 Å². The van der Waals surface area contributed by atoms with E-state index >= 15 is 0 Å². The normalized spacial score (nSPS) is 27.8. The molecule has 0 aliphatic heterocycles. The van der Waals surface area contributed by atoms with Gasteiger partial charge in [0.15, 0.2) is 0 Å². The molecule has 0 fully saturated rings. The topological polar surface area (TPSA) is 20.2 Å². The van der Waals surface area contributed by atoms with Gasteiger partial charge in [0.05, 0.1) is 6.10 Å². The van der Waals surface area contributed by atoms with Crippen LogP contribution in [0.5, 0.6) is 0 Å². The van der Waals surface area contributed by atoms with Crippen molar-refractivity contribution in [2.24, 2.45) is 5.41 Å². The van der Waals surface area contributed by atoms with E-state index in [0.717, 1.165) is 18.4 Å². The number of allylic oxidation sites excluding steroid dienone is 2. The molecule has 1 N–H and O–H groups in total. The van der Waals surface area contributed by atoms with Crippen molar-refractivity contribution in [2.75, 3.05) is 0 Å². The van der Waals surface area contributed by atoms with Gasteiger partial charge in [-0.05, 0) is 30.8 Å². The molecule has 0 heterocycles. The highest BCUT2D eigenvalue weighted by molar-refractivity contribution is 5.30. The SMILES string of the molecule is C=CCC1=C(C)[C@@H](O)CC1(C)C. The van der Waals surface area contributed by atoms with Crippen molar-refractivity contribution >= 4 is 0 Å². The molecule has 1 aliphatic rings. The summed E-state index contributed by atoms with van der Waals surface area (Å²) in [4.78, 5) is 0. The van der Waals surface area contributed by atoms with Crippen LogP contribution < -0.4 is 0 Å². The van der Waals surface area contributed by atoms with Gasteiger partial charge in [-0.1, -0.05) is 25.5 Å². The van der Waals surface area contributed by atoms with Crippen LogP contribution in [-0.4, -0.2) is 11.2 Å². The first-order valence-corrected chi connectivity index (χ1v) is 4.48. The average molecular weight is 166 g/mol. The van der Waals surface area contributed by atoms with Gasteiger partial charge in [-0.15, -0.1) is 6.58 Å². The largest absolute Gasteiger partial charge is 0.389 e. The number of aliphatic hydroxyl groups excluding tert-OH is 1. The summed E-state index contributed by atoms with van der Waals surface area (Å²) < 4.78 is 0. The van der Waals surface area contributed by atoms with Crippen LogP contribution in [0.2, 0.25) is 0 Å². The lowest BCUT2D eigenvalue weighted by atomic mass is 9.83. The van der Waals surface area contributed by atoms with Crippen molar-refractivity contribution in [1.82, 2.24) is 0 Å². The minimum Gasteiger partial charge on any atom is -0.389 e. The molecule has 1 atom stereocenters. The maximum Gasteiger partial charge on any atom is 0.0758 e. The summed E-state index contributed by atoms with van der Waals surface area (Å²) in [6.07, 6.45) is 3.46. The molecule has 0 amide bonds. The van der Waals surface area contributed by atoms with Crippen LogP contribution >= 0.6 is 0 Å². The number of hydrogen-bond acceptors (Lipinski definition) is 1. The molecule has 12 heavy (non-hydrogen) atoms. The summed E-state index contributed by atoms with van der Waals surface area (Å²) in [5, 5.41) is 9.64. The number of hydrogen-bond donors (Lipinski definition) is 1. The van der Waals surface area contributed by atoms with Gasteiger partial charge in [-0.3, -0.25) is 0 Å². The summed E-state index contributed by atoms with van der Waals surface area (Å²) in [6.45, 7) is 10.1. The quantitative estimate of drug-likeness (QED) is 0.625. The van der Waals surface area contributed by atoms with Crippen LogP contribution in [-0.2, 0) is 0 Å². The standard InChI is InChI=1S/C11H18O/c1-5-6-9-8(2)10(12)7-11(9,3)4/h5,10,12H,1,6-7H2,2-4H3/t10-/m0/s1. The first kappa shape index (κ1) is 9.53. The first-order chi connectivity index (χ1) is 5.49. The molecule has 1 rings (SSSR count). The van der Waals surface area contributed by atoms with Crippen LogP contribution in [0.15, 0.2) is 23.8 Å². The van der Waals surface area contributed by atoms with Crippen molar-refractivity contribution in [3.8, 4) is 0 Å². The number of aliphatic hydroxyl groups is 1. The Balaban J connectivity index is 2.95. The van der Waals surface area contributed by atoms with E-state index < -0.39 is 0 Å². The summed E-state index contributed by atoms with van der Waals surface area (Å²) in [7, 11) is 0. The highest BCUT2D eigenvalue weighted by Crippen LogP contribution is 2.43. The van der Waals surface area contributed by atoms with E-state index in [0.29, 0.717) is 0 Å². The Labute approximate surface area is 74.8 Å². The second kappa shape index (κ2) is 3.06. The molecule has 68 valence electrons. The average Bonchev–Trinajstić information content (AvgIpc) is 2.13. The lowest BCUT2D eigenvalue weighted by Gasteiger charge is -2.21. The summed E-state index contributed by atoms with van der Waals surface area (Å²) >= 11 is 0. The molecule has 0 aromatic rings. The molecular weight excluding hydrogens is 148 g/mol. The van der Waals surface area contributed by atoms with Gasteiger partial charge in [0.1, 0.15) is 0 Å². The fraction of sp³-hybridized carbons (Fsp3) is 0.636. The lowest BCUT2D eigenvalue weighted by molar-refractivity contribution is 0.182. The van der Waals surface area contributed by atoms with Crippen molar-refractivity contribution in [3.05, 3.63) is 23.8 Å². The molecule has 0 spiro atoms. The fourth-order valence-electron chi connectivity index (χ4n) is 2.08. The minimum absolute atomic E-state index is 0.164. The molecule has 0 bridgehead atoms. The van der Waals surface area contributed by atoms with Gasteiger partial charge in [0, 0.05) is 0 Å². The van der Waals surface area contributed by atoms with E-state index in [1.54, 1.807) is 0 Å². The third-order valence-corrected chi connectivity index (χ3v) is 2.84. The third kappa shape index (κ3) is 1.46. The monoisotopic (exact) mass is 166 g/mol. The summed E-state index contributed by atoms with van der Waals surface area (Å²) in [6, 6.07) is 0. The Morgan fingerprint density at radius 2 is 2.25 bits per heavy atom. The molecule has 0 unspecified atom stereocenters. The molecule has 1 aliphatic carbocycles. The van der Waals surface area contributed by atoms with Crippen LogP contribution in [0, 0.1) is 5.41 Å². The molecule has 0 radical (unpaired) electrons. The zero-order valence-corrected chi connectivity index (χ0v) is 8.22. The van der Waals surface area contributed by atoms with Gasteiger partial charge in [0.2, 0.25) is 0 Å². The fourth-order valence-corrected chi connectivity index (χ4v) is 2.08. The highest BCUT2D eigenvalue weighted by Gasteiger charge is 2.35. The van der Waals surface area contributed by atoms with Gasteiger partial charge >= 0.3 is 0 Å². The van der Waals surface area contributed by atoms with Gasteiger partial charge < -0.3 is 5.11 Å². The van der Waals surface area contributed by atoms with E-state index in [9.17, 15) is 5.11 Å². The van der Waals surface area contributed by atoms with Crippen molar-refractivity contribution in [1.29, 1.82) is 0 Å². The maximum absolute atomic E-state index is 9.64. The van der Waals surface area contributed by atoms with Gasteiger partial charge in [-0.2, -0.15) is 0 Å².